The highest BCUT2D eigenvalue weighted by Gasteiger charge is 2.24. The van der Waals surface area contributed by atoms with Crippen LogP contribution in [-0.2, 0) is 0 Å². The molecule has 7 N–H and O–H groups in total. The molecule has 0 unspecified atom stereocenters. The summed E-state index contributed by atoms with van der Waals surface area (Å²) in [6, 6.07) is 20.1. The van der Waals surface area contributed by atoms with Gasteiger partial charge in [-0.05, 0) is 68.7 Å². The van der Waals surface area contributed by atoms with Crippen molar-refractivity contribution in [3.8, 4) is 0 Å². The minimum absolute atomic E-state index is 0.108. The standard InChI is InChI=1S/C24H14N2O6.C7H6N2/c25-21(27)13-5-1-9-11-3-7-15(23(29)30)20-16(24(31)32)8-4-12(18(11)20)10-2-6-14(22(26)28)19(13)17(9)10;1-2-4-7-6(3-1)8-5-9-7/h1-8H,(H2,25,27)(H2,26,28)(H,29,30)(H,31,32);1-5H,(H,8,9). The number of H-pyrrole nitrogens is 1. The fourth-order valence-corrected chi connectivity index (χ4v) is 5.54. The molecule has 0 saturated heterocycles. The summed E-state index contributed by atoms with van der Waals surface area (Å²) in [6.45, 7) is 0. The van der Waals surface area contributed by atoms with Crippen LogP contribution in [0.3, 0.4) is 0 Å². The molecule has 200 valence electrons. The number of amides is 2. The molecular formula is C31H20N4O6. The van der Waals surface area contributed by atoms with Gasteiger partial charge in [-0.3, -0.25) is 9.59 Å². The summed E-state index contributed by atoms with van der Waals surface area (Å²) in [7, 11) is 0. The van der Waals surface area contributed by atoms with Gasteiger partial charge >= 0.3 is 11.9 Å². The van der Waals surface area contributed by atoms with Crippen LogP contribution in [0, 0.1) is 0 Å². The first-order chi connectivity index (χ1) is 19.7. The van der Waals surface area contributed by atoms with Crippen molar-refractivity contribution < 1.29 is 29.4 Å². The van der Waals surface area contributed by atoms with Crippen LogP contribution in [0.5, 0.6) is 0 Å². The number of carbonyl (C=O) groups is 4. The molecule has 0 aliphatic rings. The van der Waals surface area contributed by atoms with Gasteiger partial charge in [0, 0.05) is 21.9 Å². The van der Waals surface area contributed by atoms with Gasteiger partial charge in [-0.2, -0.15) is 0 Å². The van der Waals surface area contributed by atoms with E-state index in [-0.39, 0.29) is 27.6 Å². The zero-order valence-corrected chi connectivity index (χ0v) is 21.1. The number of hydrogen-bond donors (Lipinski definition) is 5. The largest absolute Gasteiger partial charge is 0.478 e. The summed E-state index contributed by atoms with van der Waals surface area (Å²) >= 11 is 0. The summed E-state index contributed by atoms with van der Waals surface area (Å²) in [5.41, 5.74) is 13.2. The first kappa shape index (κ1) is 25.3. The first-order valence-corrected chi connectivity index (χ1v) is 12.3. The van der Waals surface area contributed by atoms with E-state index in [0.717, 1.165) is 11.0 Å². The van der Waals surface area contributed by atoms with Gasteiger partial charge < -0.3 is 26.7 Å². The van der Waals surface area contributed by atoms with Gasteiger partial charge in [0.1, 0.15) is 0 Å². The maximum Gasteiger partial charge on any atom is 0.336 e. The van der Waals surface area contributed by atoms with E-state index in [2.05, 4.69) is 9.97 Å². The Morgan fingerprint density at radius 2 is 0.976 bits per heavy atom. The predicted octanol–water partition coefficient (Wildman–Crippen LogP) is 4.89. The number of carboxylic acids is 2. The van der Waals surface area contributed by atoms with E-state index < -0.39 is 23.8 Å². The third-order valence-electron chi connectivity index (χ3n) is 7.22. The van der Waals surface area contributed by atoms with Crippen molar-refractivity contribution in [3.63, 3.8) is 0 Å². The summed E-state index contributed by atoms with van der Waals surface area (Å²) in [5.74, 6) is -3.95. The number of nitrogens with one attached hydrogen (secondary N) is 1. The van der Waals surface area contributed by atoms with E-state index in [1.54, 1.807) is 30.6 Å². The number of benzene rings is 6. The van der Waals surface area contributed by atoms with E-state index in [0.29, 0.717) is 37.7 Å². The van der Waals surface area contributed by atoms with Gasteiger partial charge in [0.2, 0.25) is 11.8 Å². The van der Waals surface area contributed by atoms with E-state index in [9.17, 15) is 29.4 Å². The molecule has 0 atom stereocenters. The first-order valence-electron chi connectivity index (χ1n) is 12.3. The lowest BCUT2D eigenvalue weighted by molar-refractivity contribution is 0.0695. The third kappa shape index (κ3) is 3.85. The van der Waals surface area contributed by atoms with Gasteiger partial charge in [-0.15, -0.1) is 0 Å². The fraction of sp³-hybridized carbons (Fsp3) is 0. The number of aromatic amines is 1. The lowest BCUT2D eigenvalue weighted by Gasteiger charge is -2.18. The quantitative estimate of drug-likeness (QED) is 0.154. The molecule has 1 heterocycles. The van der Waals surface area contributed by atoms with Crippen molar-refractivity contribution >= 4 is 77.9 Å². The molecule has 0 aliphatic carbocycles. The number of primary amides is 2. The Balaban J connectivity index is 0.000000283. The summed E-state index contributed by atoms with van der Waals surface area (Å²) < 4.78 is 0. The highest BCUT2D eigenvalue weighted by atomic mass is 16.4. The molecule has 0 spiro atoms. The minimum atomic E-state index is -1.25. The van der Waals surface area contributed by atoms with E-state index in [4.69, 9.17) is 11.5 Å². The number of hydrogen-bond acceptors (Lipinski definition) is 5. The number of fused-ring (bicyclic) bond motifs is 3. The highest BCUT2D eigenvalue weighted by molar-refractivity contribution is 6.38. The number of rotatable bonds is 4. The molecule has 7 rings (SSSR count). The summed E-state index contributed by atoms with van der Waals surface area (Å²) in [6.07, 6.45) is 1.70. The molecule has 10 nitrogen and oxygen atoms in total. The Bertz CT molecular complexity index is 1960. The summed E-state index contributed by atoms with van der Waals surface area (Å²) in [4.78, 5) is 55.1. The van der Waals surface area contributed by atoms with Crippen LogP contribution in [-0.4, -0.2) is 43.9 Å². The fourth-order valence-electron chi connectivity index (χ4n) is 5.54. The SMILES string of the molecule is NC(=O)c1ccc2c3ccc(C(=O)O)c4c(C(=O)O)ccc(c5ccc(C(N)=O)c1c25)c43.c1ccc2[nH]cnc2c1. The van der Waals surface area contributed by atoms with Crippen LogP contribution in [0.2, 0.25) is 0 Å². The Hall–Kier alpha value is -6.03. The highest BCUT2D eigenvalue weighted by Crippen LogP contribution is 2.43. The second-order valence-corrected chi connectivity index (χ2v) is 9.40. The zero-order chi connectivity index (χ0) is 29.0. The number of aromatic nitrogens is 2. The Morgan fingerprint density at radius 1 is 0.561 bits per heavy atom. The van der Waals surface area contributed by atoms with Crippen LogP contribution < -0.4 is 11.5 Å². The second kappa shape index (κ2) is 9.31. The van der Waals surface area contributed by atoms with E-state index >= 15 is 0 Å². The van der Waals surface area contributed by atoms with Crippen molar-refractivity contribution in [2.24, 2.45) is 11.5 Å². The number of para-hydroxylation sites is 2. The average molecular weight is 545 g/mol. The number of nitrogens with two attached hydrogens (primary N) is 2. The lowest BCUT2D eigenvalue weighted by Crippen LogP contribution is -2.16. The summed E-state index contributed by atoms with van der Waals surface area (Å²) in [5, 5.41) is 23.3. The van der Waals surface area contributed by atoms with Crippen LogP contribution >= 0.6 is 0 Å². The van der Waals surface area contributed by atoms with Gasteiger partial charge in [0.25, 0.3) is 0 Å². The van der Waals surface area contributed by atoms with Gasteiger partial charge in [0.15, 0.2) is 0 Å². The van der Waals surface area contributed by atoms with Crippen molar-refractivity contribution in [2.45, 2.75) is 0 Å². The molecule has 41 heavy (non-hydrogen) atoms. The topological polar surface area (TPSA) is 189 Å². The number of aromatic carboxylic acids is 2. The Kier molecular flexibility index (Phi) is 5.74. The number of nitrogens with zero attached hydrogens (tertiary/aromatic N) is 1. The predicted molar refractivity (Wildman–Crippen MR) is 155 cm³/mol. The zero-order valence-electron chi connectivity index (χ0n) is 21.1. The third-order valence-corrected chi connectivity index (χ3v) is 7.22. The lowest BCUT2D eigenvalue weighted by atomic mass is 9.84. The van der Waals surface area contributed by atoms with Crippen LogP contribution in [0.1, 0.15) is 41.4 Å². The maximum atomic E-state index is 12.1. The van der Waals surface area contributed by atoms with Gasteiger partial charge in [-0.1, -0.05) is 36.4 Å². The minimum Gasteiger partial charge on any atom is -0.478 e. The van der Waals surface area contributed by atoms with E-state index in [1.807, 2.05) is 24.3 Å². The van der Waals surface area contributed by atoms with Crippen LogP contribution in [0.4, 0.5) is 0 Å². The molecule has 0 radical (unpaired) electrons. The molecule has 0 fully saturated rings. The monoisotopic (exact) mass is 544 g/mol. The van der Waals surface area contributed by atoms with Crippen LogP contribution in [0.25, 0.3) is 54.1 Å². The molecule has 10 heteroatoms. The Labute approximate surface area is 230 Å². The molecule has 6 aromatic carbocycles. The van der Waals surface area contributed by atoms with Crippen LogP contribution in [0.15, 0.2) is 79.1 Å². The normalized spacial score (nSPS) is 11.2. The molecule has 2 amide bonds. The molecule has 0 bridgehead atoms. The van der Waals surface area contributed by atoms with Crippen molar-refractivity contribution in [1.29, 1.82) is 0 Å². The number of imidazole rings is 1. The number of carbonyl (C=O) groups excluding carboxylic acids is 2. The van der Waals surface area contributed by atoms with Gasteiger partial charge in [-0.25, -0.2) is 14.6 Å². The second-order valence-electron chi connectivity index (χ2n) is 9.40. The average Bonchev–Trinajstić information content (AvgIpc) is 3.44. The molecule has 0 saturated carbocycles. The molecule has 7 aromatic rings. The maximum absolute atomic E-state index is 12.1. The Morgan fingerprint density at radius 3 is 1.39 bits per heavy atom. The van der Waals surface area contributed by atoms with Crippen molar-refractivity contribution in [1.82, 2.24) is 9.97 Å². The molecular weight excluding hydrogens is 524 g/mol. The van der Waals surface area contributed by atoms with Crippen molar-refractivity contribution in [3.05, 3.63) is 101 Å². The number of carboxylic acid groups (broad SMARTS) is 2. The van der Waals surface area contributed by atoms with E-state index in [1.165, 1.54) is 24.3 Å². The smallest absolute Gasteiger partial charge is 0.336 e. The van der Waals surface area contributed by atoms with Crippen molar-refractivity contribution in [2.75, 3.05) is 0 Å². The molecule has 0 aliphatic heterocycles. The molecule has 1 aromatic heterocycles. The van der Waals surface area contributed by atoms with Gasteiger partial charge in [0.05, 0.1) is 28.5 Å².